The first-order valence-corrected chi connectivity index (χ1v) is 5.73. The van der Waals surface area contributed by atoms with Gasteiger partial charge in [0.2, 0.25) is 0 Å². The van der Waals surface area contributed by atoms with Crippen molar-refractivity contribution in [1.29, 1.82) is 0 Å². The third kappa shape index (κ3) is 1.91. The minimum atomic E-state index is 0.153. The Kier molecular flexibility index (Phi) is 3.36. The number of ether oxygens (including phenoxy) is 1. The highest BCUT2D eigenvalue weighted by Crippen LogP contribution is 2.38. The maximum Gasteiger partial charge on any atom is 0.149 e. The first-order valence-electron chi connectivity index (χ1n) is 4.22. The molecule has 6 heteroatoms. The lowest BCUT2D eigenvalue weighted by Gasteiger charge is -2.08. The van der Waals surface area contributed by atoms with Crippen molar-refractivity contribution >= 4 is 57.3 Å². The van der Waals surface area contributed by atoms with Gasteiger partial charge < -0.3 is 4.74 Å². The van der Waals surface area contributed by atoms with E-state index in [0.717, 1.165) is 0 Å². The third-order valence-corrected chi connectivity index (χ3v) is 3.62. The molecule has 2 rings (SSSR count). The number of rotatable bonds is 1. The molecule has 0 saturated carbocycles. The molecule has 1 aromatic carbocycles. The number of hydrogen-bond acceptors (Lipinski definition) is 2. The summed E-state index contributed by atoms with van der Waals surface area (Å²) in [7, 11) is 1.52. The fourth-order valence-electron chi connectivity index (χ4n) is 1.33. The Morgan fingerprint density at radius 2 is 1.75 bits per heavy atom. The van der Waals surface area contributed by atoms with Crippen molar-refractivity contribution in [3.8, 4) is 5.75 Å². The molecular formula is C10H5Cl4NO. The molecule has 0 aliphatic carbocycles. The molecule has 84 valence electrons. The van der Waals surface area contributed by atoms with E-state index in [2.05, 4.69) is 4.98 Å². The Labute approximate surface area is 112 Å². The SMILES string of the molecule is COc1cc2c(Cl)c(Cl)c(Cl)nc2cc1Cl. The zero-order chi connectivity index (χ0) is 11.9. The maximum atomic E-state index is 6.06. The number of nitrogens with zero attached hydrogens (tertiary/aromatic N) is 1. The number of pyridine rings is 1. The van der Waals surface area contributed by atoms with Crippen LogP contribution in [0.5, 0.6) is 5.75 Å². The second-order valence-electron chi connectivity index (χ2n) is 3.03. The minimum absolute atomic E-state index is 0.153. The highest BCUT2D eigenvalue weighted by atomic mass is 35.5. The summed E-state index contributed by atoms with van der Waals surface area (Å²) in [4.78, 5) is 4.08. The van der Waals surface area contributed by atoms with Crippen LogP contribution in [-0.2, 0) is 0 Å². The Bertz CT molecular complexity index is 570. The van der Waals surface area contributed by atoms with Crippen LogP contribution < -0.4 is 4.74 Å². The normalized spacial score (nSPS) is 10.8. The number of methoxy groups -OCH3 is 1. The summed E-state index contributed by atoms with van der Waals surface area (Å²) < 4.78 is 5.08. The Morgan fingerprint density at radius 1 is 1.06 bits per heavy atom. The van der Waals surface area contributed by atoms with E-state index in [1.54, 1.807) is 12.1 Å². The number of fused-ring (bicyclic) bond motifs is 1. The van der Waals surface area contributed by atoms with E-state index in [1.807, 2.05) is 0 Å². The fourth-order valence-corrected chi connectivity index (χ4v) is 2.19. The first-order chi connectivity index (χ1) is 7.54. The van der Waals surface area contributed by atoms with Gasteiger partial charge >= 0.3 is 0 Å². The second-order valence-corrected chi connectivity index (χ2v) is 4.56. The third-order valence-electron chi connectivity index (χ3n) is 2.10. The van der Waals surface area contributed by atoms with Crippen molar-refractivity contribution in [2.24, 2.45) is 0 Å². The zero-order valence-electron chi connectivity index (χ0n) is 8.02. The summed E-state index contributed by atoms with van der Waals surface area (Å²) in [6.07, 6.45) is 0. The van der Waals surface area contributed by atoms with Gasteiger partial charge in [0.05, 0.1) is 27.7 Å². The number of hydrogen-bond donors (Lipinski definition) is 0. The van der Waals surface area contributed by atoms with Gasteiger partial charge in [-0.1, -0.05) is 46.4 Å². The average Bonchev–Trinajstić information content (AvgIpc) is 2.26. The molecule has 0 atom stereocenters. The van der Waals surface area contributed by atoms with Crippen molar-refractivity contribution in [3.05, 3.63) is 32.4 Å². The number of aromatic nitrogens is 1. The van der Waals surface area contributed by atoms with E-state index in [4.69, 9.17) is 51.1 Å². The Hall–Kier alpha value is -0.410. The van der Waals surface area contributed by atoms with Crippen LogP contribution in [0.3, 0.4) is 0 Å². The Balaban J connectivity index is 2.86. The van der Waals surface area contributed by atoms with Crippen molar-refractivity contribution in [2.75, 3.05) is 7.11 Å². The van der Waals surface area contributed by atoms with E-state index in [1.165, 1.54) is 7.11 Å². The molecule has 0 N–H and O–H groups in total. The lowest BCUT2D eigenvalue weighted by molar-refractivity contribution is 0.415. The summed E-state index contributed by atoms with van der Waals surface area (Å²) >= 11 is 23.7. The topological polar surface area (TPSA) is 22.1 Å². The standard InChI is InChI=1S/C10H5Cl4NO/c1-16-7-2-4-6(3-5(7)11)15-10(14)9(13)8(4)12/h2-3H,1H3. The minimum Gasteiger partial charge on any atom is -0.495 e. The highest BCUT2D eigenvalue weighted by Gasteiger charge is 2.13. The molecule has 16 heavy (non-hydrogen) atoms. The molecule has 0 amide bonds. The van der Waals surface area contributed by atoms with Crippen LogP contribution in [0.1, 0.15) is 0 Å². The molecule has 0 bridgehead atoms. The summed E-state index contributed by atoms with van der Waals surface area (Å²) in [5, 5.41) is 1.81. The maximum absolute atomic E-state index is 6.06. The fraction of sp³-hybridized carbons (Fsp3) is 0.100. The van der Waals surface area contributed by atoms with Crippen LogP contribution in [-0.4, -0.2) is 12.1 Å². The summed E-state index contributed by atoms with van der Waals surface area (Å²) in [5.74, 6) is 0.510. The Morgan fingerprint density at radius 3 is 2.38 bits per heavy atom. The van der Waals surface area contributed by atoms with Crippen molar-refractivity contribution in [2.45, 2.75) is 0 Å². The second kappa shape index (κ2) is 4.46. The number of benzene rings is 1. The van der Waals surface area contributed by atoms with Crippen LogP contribution in [0, 0.1) is 0 Å². The summed E-state index contributed by atoms with van der Waals surface area (Å²) in [6, 6.07) is 3.30. The van der Waals surface area contributed by atoms with Gasteiger partial charge in [-0.05, 0) is 12.1 Å². The van der Waals surface area contributed by atoms with Crippen molar-refractivity contribution in [3.63, 3.8) is 0 Å². The van der Waals surface area contributed by atoms with Gasteiger partial charge in [0.1, 0.15) is 10.9 Å². The zero-order valence-corrected chi connectivity index (χ0v) is 11.0. The molecule has 0 aliphatic rings. The van der Waals surface area contributed by atoms with Gasteiger partial charge in [0, 0.05) is 5.39 Å². The van der Waals surface area contributed by atoms with E-state index in [-0.39, 0.29) is 10.2 Å². The molecule has 0 radical (unpaired) electrons. The van der Waals surface area contributed by atoms with Crippen LogP contribution in [0.15, 0.2) is 12.1 Å². The highest BCUT2D eigenvalue weighted by molar-refractivity contribution is 6.50. The predicted molar refractivity (Wildman–Crippen MR) is 68.3 cm³/mol. The summed E-state index contributed by atoms with van der Waals surface area (Å²) in [6.45, 7) is 0. The average molecular weight is 297 g/mol. The molecule has 1 aromatic heterocycles. The van der Waals surface area contributed by atoms with Gasteiger partial charge in [0.15, 0.2) is 0 Å². The smallest absolute Gasteiger partial charge is 0.149 e. The van der Waals surface area contributed by atoms with Gasteiger partial charge in [-0.3, -0.25) is 0 Å². The largest absolute Gasteiger partial charge is 0.495 e. The van der Waals surface area contributed by atoms with E-state index in [0.29, 0.717) is 26.7 Å². The lowest BCUT2D eigenvalue weighted by atomic mass is 10.2. The van der Waals surface area contributed by atoms with Crippen LogP contribution >= 0.6 is 46.4 Å². The molecule has 2 aromatic rings. The molecule has 0 spiro atoms. The van der Waals surface area contributed by atoms with Gasteiger partial charge in [-0.25, -0.2) is 4.98 Å². The van der Waals surface area contributed by atoms with Crippen molar-refractivity contribution in [1.82, 2.24) is 4.98 Å². The molecule has 0 aliphatic heterocycles. The monoisotopic (exact) mass is 295 g/mol. The van der Waals surface area contributed by atoms with Crippen LogP contribution in [0.25, 0.3) is 10.9 Å². The van der Waals surface area contributed by atoms with Gasteiger partial charge in [0.25, 0.3) is 0 Å². The first kappa shape index (κ1) is 12.1. The predicted octanol–water partition coefficient (Wildman–Crippen LogP) is 4.86. The van der Waals surface area contributed by atoms with Gasteiger partial charge in [-0.15, -0.1) is 0 Å². The quantitative estimate of drug-likeness (QED) is 0.701. The van der Waals surface area contributed by atoms with E-state index in [9.17, 15) is 0 Å². The van der Waals surface area contributed by atoms with Crippen LogP contribution in [0.4, 0.5) is 0 Å². The molecule has 0 saturated heterocycles. The van der Waals surface area contributed by atoms with Crippen molar-refractivity contribution < 1.29 is 4.74 Å². The summed E-state index contributed by atoms with van der Waals surface area (Å²) in [5.41, 5.74) is 0.574. The number of halogens is 4. The molecule has 0 fully saturated rings. The molecular weight excluding hydrogens is 292 g/mol. The van der Waals surface area contributed by atoms with Crippen LogP contribution in [0.2, 0.25) is 20.2 Å². The molecule has 0 unspecified atom stereocenters. The lowest BCUT2D eigenvalue weighted by Crippen LogP contribution is -1.88. The van der Waals surface area contributed by atoms with Gasteiger partial charge in [-0.2, -0.15) is 0 Å². The van der Waals surface area contributed by atoms with E-state index < -0.39 is 0 Å². The van der Waals surface area contributed by atoms with E-state index >= 15 is 0 Å². The molecule has 2 nitrogen and oxygen atoms in total. The molecule has 1 heterocycles.